The normalized spacial score (nSPS) is 18.9. The topological polar surface area (TPSA) is 23.8 Å². The molecule has 1 saturated carbocycles. The van der Waals surface area contributed by atoms with Crippen LogP contribution in [0.5, 0.6) is 0 Å². The highest BCUT2D eigenvalue weighted by molar-refractivity contribution is 8.11. The lowest BCUT2D eigenvalue weighted by Crippen LogP contribution is -2.01. The Bertz CT molecular complexity index is 631. The summed E-state index contributed by atoms with van der Waals surface area (Å²) >= 11 is 1.61. The highest BCUT2D eigenvalue weighted by Crippen LogP contribution is 2.48. The summed E-state index contributed by atoms with van der Waals surface area (Å²) in [7, 11) is 0. The lowest BCUT2D eigenvalue weighted by molar-refractivity contribution is 0.787. The van der Waals surface area contributed by atoms with Gasteiger partial charge in [0.2, 0.25) is 0 Å². The maximum Gasteiger partial charge on any atom is 0.0991 e. The van der Waals surface area contributed by atoms with E-state index in [1.165, 1.54) is 18.4 Å². The summed E-state index contributed by atoms with van der Waals surface area (Å²) in [6.45, 7) is 2.26. The number of hydrogen-bond acceptors (Lipinski definition) is 2. The fourth-order valence-corrected chi connectivity index (χ4v) is 2.61. The van der Waals surface area contributed by atoms with Crippen LogP contribution in [0.25, 0.3) is 4.91 Å². The van der Waals surface area contributed by atoms with E-state index in [9.17, 15) is 0 Å². The van der Waals surface area contributed by atoms with Gasteiger partial charge >= 0.3 is 0 Å². The highest BCUT2D eigenvalue weighted by Gasteiger charge is 2.39. The number of hydrogen-bond donors (Lipinski definition) is 0. The second-order valence-electron chi connectivity index (χ2n) is 4.81. The summed E-state index contributed by atoms with van der Waals surface area (Å²) in [4.78, 5) is 1.06. The van der Waals surface area contributed by atoms with E-state index in [1.807, 2.05) is 17.5 Å². The standard InChI is InChI=1S/C15H11NS/c1-15(4-5-15)13-8-11(10-16)7-12(9-13)14-3-2-6-17-14/h6-9H,4-5H2,1H3. The molecule has 1 aliphatic heterocycles. The van der Waals surface area contributed by atoms with Crippen molar-refractivity contribution in [3.8, 4) is 6.07 Å². The molecular weight excluding hydrogens is 226 g/mol. The van der Waals surface area contributed by atoms with Crippen molar-refractivity contribution in [2.24, 2.45) is 0 Å². The van der Waals surface area contributed by atoms with Gasteiger partial charge in [-0.1, -0.05) is 30.1 Å². The molecule has 2 heteroatoms. The van der Waals surface area contributed by atoms with Crippen molar-refractivity contribution >= 4 is 16.7 Å². The van der Waals surface area contributed by atoms with Gasteiger partial charge in [0.1, 0.15) is 0 Å². The average Bonchev–Trinajstić information content (AvgIpc) is 2.91. The van der Waals surface area contributed by atoms with E-state index in [2.05, 4.69) is 30.5 Å². The molecule has 1 nitrogen and oxygen atoms in total. The Morgan fingerprint density at radius 1 is 1.35 bits per heavy atom. The molecule has 0 spiro atoms. The number of thioether (sulfide) groups is 1. The third-order valence-electron chi connectivity index (χ3n) is 3.44. The van der Waals surface area contributed by atoms with Crippen LogP contribution in [0.1, 0.15) is 36.5 Å². The first kappa shape index (κ1) is 10.5. The van der Waals surface area contributed by atoms with Gasteiger partial charge in [-0.05, 0) is 47.6 Å². The molecule has 0 atom stereocenters. The minimum absolute atomic E-state index is 0.294. The predicted molar refractivity (Wildman–Crippen MR) is 70.3 cm³/mol. The first-order valence-corrected chi connectivity index (χ1v) is 6.52. The third-order valence-corrected chi connectivity index (χ3v) is 4.25. The summed E-state index contributed by atoms with van der Waals surface area (Å²) in [5.41, 5.74) is 9.46. The van der Waals surface area contributed by atoms with E-state index < -0.39 is 0 Å². The summed E-state index contributed by atoms with van der Waals surface area (Å²) in [6.07, 6.45) is 2.45. The molecule has 82 valence electrons. The molecule has 2 aliphatic rings. The molecule has 1 aromatic rings. The molecule has 0 unspecified atom stereocenters. The second-order valence-corrected chi connectivity index (χ2v) is 5.69. The molecule has 0 saturated heterocycles. The molecule has 0 bridgehead atoms. The monoisotopic (exact) mass is 237 g/mol. The summed E-state index contributed by atoms with van der Waals surface area (Å²) in [6, 6.07) is 8.41. The van der Waals surface area contributed by atoms with E-state index in [4.69, 9.17) is 5.26 Å². The molecular formula is C15H11NS. The molecule has 0 amide bonds. The van der Waals surface area contributed by atoms with Crippen LogP contribution in [-0.4, -0.2) is 0 Å². The summed E-state index contributed by atoms with van der Waals surface area (Å²) < 4.78 is 0. The van der Waals surface area contributed by atoms with Crippen LogP contribution in [0.2, 0.25) is 0 Å². The van der Waals surface area contributed by atoms with E-state index in [1.54, 1.807) is 11.8 Å². The highest BCUT2D eigenvalue weighted by atomic mass is 32.2. The van der Waals surface area contributed by atoms with Crippen LogP contribution >= 0.6 is 11.8 Å². The SMILES string of the molecule is CC1(c2cc(C#N)cc(C3=C=C=CS3)c2)CC1. The summed E-state index contributed by atoms with van der Waals surface area (Å²) in [5.74, 6) is 0. The van der Waals surface area contributed by atoms with Crippen LogP contribution in [0.4, 0.5) is 0 Å². The minimum Gasteiger partial charge on any atom is -0.192 e. The van der Waals surface area contributed by atoms with Gasteiger partial charge in [0, 0.05) is 5.41 Å². The molecule has 0 aromatic heterocycles. The molecule has 1 aromatic carbocycles. The third kappa shape index (κ3) is 1.86. The Labute approximate surface area is 105 Å². The van der Waals surface area contributed by atoms with Crippen molar-refractivity contribution in [1.82, 2.24) is 0 Å². The molecule has 0 N–H and O–H groups in total. The molecule has 1 heterocycles. The Kier molecular flexibility index (Phi) is 2.28. The number of benzene rings is 1. The molecule has 1 fully saturated rings. The maximum absolute atomic E-state index is 9.11. The fourth-order valence-electron chi connectivity index (χ4n) is 2.00. The average molecular weight is 237 g/mol. The lowest BCUT2D eigenvalue weighted by Gasteiger charge is -2.11. The van der Waals surface area contributed by atoms with Gasteiger partial charge in [-0.2, -0.15) is 5.26 Å². The van der Waals surface area contributed by atoms with Crippen molar-refractivity contribution in [3.05, 3.63) is 51.8 Å². The van der Waals surface area contributed by atoms with Crippen molar-refractivity contribution in [2.45, 2.75) is 25.2 Å². The van der Waals surface area contributed by atoms with Crippen molar-refractivity contribution in [1.29, 1.82) is 5.26 Å². The fraction of sp³-hybridized carbons (Fsp3) is 0.267. The maximum atomic E-state index is 9.11. The van der Waals surface area contributed by atoms with Crippen LogP contribution in [0, 0.1) is 11.3 Å². The summed E-state index contributed by atoms with van der Waals surface area (Å²) in [5, 5.41) is 11.0. The quantitative estimate of drug-likeness (QED) is 0.727. The minimum atomic E-state index is 0.294. The smallest absolute Gasteiger partial charge is 0.0991 e. The van der Waals surface area contributed by atoms with Gasteiger partial charge in [-0.25, -0.2) is 0 Å². The number of nitrogens with zero attached hydrogens (tertiary/aromatic N) is 1. The van der Waals surface area contributed by atoms with Gasteiger partial charge in [0.25, 0.3) is 0 Å². The van der Waals surface area contributed by atoms with E-state index >= 15 is 0 Å². The zero-order valence-corrected chi connectivity index (χ0v) is 10.4. The second kappa shape index (κ2) is 3.69. The van der Waals surface area contributed by atoms with Gasteiger partial charge in [-0.3, -0.25) is 0 Å². The zero-order chi connectivity index (χ0) is 11.9. The molecule has 1 aliphatic carbocycles. The van der Waals surface area contributed by atoms with Crippen LogP contribution in [-0.2, 0) is 5.41 Å². The van der Waals surface area contributed by atoms with Crippen LogP contribution < -0.4 is 0 Å². The molecule has 0 radical (unpaired) electrons. The van der Waals surface area contributed by atoms with E-state index in [0.29, 0.717) is 5.41 Å². The first-order valence-electron chi connectivity index (χ1n) is 5.64. The largest absolute Gasteiger partial charge is 0.192 e. The van der Waals surface area contributed by atoms with E-state index in [0.717, 1.165) is 16.0 Å². The van der Waals surface area contributed by atoms with Gasteiger partial charge in [0.15, 0.2) is 0 Å². The van der Waals surface area contributed by atoms with Crippen LogP contribution in [0.3, 0.4) is 0 Å². The van der Waals surface area contributed by atoms with E-state index in [-0.39, 0.29) is 0 Å². The lowest BCUT2D eigenvalue weighted by atomic mass is 9.94. The van der Waals surface area contributed by atoms with Gasteiger partial charge < -0.3 is 0 Å². The Balaban J connectivity index is 2.14. The first-order chi connectivity index (χ1) is 8.21. The van der Waals surface area contributed by atoms with Gasteiger partial charge in [-0.15, -0.1) is 0 Å². The molecule has 3 rings (SSSR count). The number of nitriles is 1. The predicted octanol–water partition coefficient (Wildman–Crippen LogP) is 3.97. The molecule has 17 heavy (non-hydrogen) atoms. The van der Waals surface area contributed by atoms with Crippen LogP contribution in [0.15, 0.2) is 35.1 Å². The van der Waals surface area contributed by atoms with Crippen molar-refractivity contribution in [3.63, 3.8) is 0 Å². The Morgan fingerprint density at radius 3 is 2.76 bits per heavy atom. The zero-order valence-electron chi connectivity index (χ0n) is 9.58. The van der Waals surface area contributed by atoms with Crippen molar-refractivity contribution < 1.29 is 0 Å². The Morgan fingerprint density at radius 2 is 2.18 bits per heavy atom. The van der Waals surface area contributed by atoms with Gasteiger partial charge in [0.05, 0.1) is 16.5 Å². The number of rotatable bonds is 2. The Hall–Kier alpha value is -1.64. The van der Waals surface area contributed by atoms with Crippen molar-refractivity contribution in [2.75, 3.05) is 0 Å².